The fourth-order valence-electron chi connectivity index (χ4n) is 9.27. The van der Waals surface area contributed by atoms with Gasteiger partial charge in [0.25, 0.3) is 0 Å². The van der Waals surface area contributed by atoms with Gasteiger partial charge in [-0.2, -0.15) is 0 Å². The number of nitrogens with one attached hydrogen (secondary N) is 1. The Kier molecular flexibility index (Phi) is 7.20. The van der Waals surface area contributed by atoms with Crippen LogP contribution in [0.1, 0.15) is 0 Å². The lowest BCUT2D eigenvalue weighted by Gasteiger charge is -2.16. The molecule has 0 unspecified atom stereocenters. The third-order valence-corrected chi connectivity index (χ3v) is 11.8. The molecule has 12 rings (SSSR count). The molecule has 0 atom stereocenters. The summed E-state index contributed by atoms with van der Waals surface area (Å²) in [7, 11) is 0. The molecule has 0 bridgehead atoms. The second-order valence-corrected chi connectivity index (χ2v) is 15.1. The minimum Gasteiger partial charge on any atom is -0.355 e. The van der Waals surface area contributed by atoms with Gasteiger partial charge >= 0.3 is 0 Å². The summed E-state index contributed by atoms with van der Waals surface area (Å²) in [4.78, 5) is 0. The molecule has 4 nitrogen and oxygen atoms in total. The number of aromatic nitrogens is 3. The van der Waals surface area contributed by atoms with E-state index in [0.29, 0.717) is 0 Å². The van der Waals surface area contributed by atoms with Crippen LogP contribution in [0.25, 0.3) is 93.6 Å². The molecule has 0 saturated heterocycles. The maximum atomic E-state index is 3.93. The second kappa shape index (κ2) is 12.9. The maximum Gasteiger partial charge on any atom is 0.0562 e. The van der Waals surface area contributed by atoms with Crippen molar-refractivity contribution in [2.24, 2.45) is 0 Å². The van der Waals surface area contributed by atoms with Crippen molar-refractivity contribution in [3.8, 4) is 28.2 Å². The first kappa shape index (κ1) is 32.4. The van der Waals surface area contributed by atoms with E-state index in [0.717, 1.165) is 39.5 Å². The molecule has 0 spiro atoms. The van der Waals surface area contributed by atoms with Gasteiger partial charge in [-0.1, -0.05) is 127 Å². The average Bonchev–Trinajstić information content (AvgIpc) is 3.91. The molecular weight excluding hydrogens is 705 g/mol. The summed E-state index contributed by atoms with van der Waals surface area (Å²) in [6, 6.07) is 76.7. The lowest BCUT2D eigenvalue weighted by Crippen LogP contribution is -1.99. The van der Waals surface area contributed by atoms with E-state index in [4.69, 9.17) is 0 Å². The number of nitrogens with zero attached hydrogens (tertiary/aromatic N) is 3. The first-order valence-electron chi connectivity index (χ1n) is 19.9. The molecule has 0 aliphatic carbocycles. The van der Waals surface area contributed by atoms with Crippen molar-refractivity contribution in [1.29, 1.82) is 0 Å². The van der Waals surface area contributed by atoms with E-state index in [1.165, 1.54) is 65.5 Å². The van der Waals surface area contributed by atoms with E-state index in [1.807, 2.05) is 0 Å². The van der Waals surface area contributed by atoms with Gasteiger partial charge in [0.2, 0.25) is 0 Å². The van der Waals surface area contributed by atoms with Gasteiger partial charge in [0.15, 0.2) is 0 Å². The molecule has 1 N–H and O–H groups in total. The molecule has 0 radical (unpaired) electrons. The quantitative estimate of drug-likeness (QED) is 0.181. The van der Waals surface area contributed by atoms with Gasteiger partial charge in [0.05, 0.1) is 33.1 Å². The molecule has 3 aromatic heterocycles. The van der Waals surface area contributed by atoms with Crippen molar-refractivity contribution in [2.75, 3.05) is 5.32 Å². The van der Waals surface area contributed by atoms with Crippen LogP contribution < -0.4 is 5.32 Å². The SMILES string of the molecule is c1ccc(-c2cc3c4ccccc4n(-c4ccccc4)c3cc2Nc2cccc(-n3c4ccccc4c4cc5c6ccccc6n(-c6ccccc6)c5cc43)c2)cc1. The Morgan fingerprint density at radius 3 is 1.26 bits per heavy atom. The Hall–Kier alpha value is -7.82. The van der Waals surface area contributed by atoms with E-state index < -0.39 is 0 Å². The van der Waals surface area contributed by atoms with Crippen molar-refractivity contribution in [3.05, 3.63) is 212 Å². The van der Waals surface area contributed by atoms with Gasteiger partial charge in [0, 0.05) is 66.3 Å². The standard InChI is InChI=1S/C54H36N4/c1-4-17-36(18-5-1)44-32-45-41-25-10-13-28-49(41)56(38-20-6-2-7-21-38)52(45)34-48(44)55-37-19-16-24-40(31-37)58-51-30-15-12-27-43(51)47-33-46-42-26-11-14-29-50(42)57(53(46)35-54(47)58)39-22-8-3-9-23-39/h1-35,55H. The van der Waals surface area contributed by atoms with Crippen LogP contribution >= 0.6 is 0 Å². The van der Waals surface area contributed by atoms with Crippen LogP contribution in [0, 0.1) is 0 Å². The van der Waals surface area contributed by atoms with Gasteiger partial charge in [-0.25, -0.2) is 0 Å². The predicted octanol–water partition coefficient (Wildman–Crippen LogP) is 14.4. The topological polar surface area (TPSA) is 26.8 Å². The van der Waals surface area contributed by atoms with E-state index in [2.05, 4.69) is 231 Å². The van der Waals surface area contributed by atoms with Crippen LogP contribution in [-0.4, -0.2) is 13.7 Å². The Labute approximate surface area is 335 Å². The lowest BCUT2D eigenvalue weighted by atomic mass is 10.00. The van der Waals surface area contributed by atoms with Crippen molar-refractivity contribution in [2.45, 2.75) is 0 Å². The maximum absolute atomic E-state index is 3.93. The van der Waals surface area contributed by atoms with E-state index in [-0.39, 0.29) is 0 Å². The highest BCUT2D eigenvalue weighted by Crippen LogP contribution is 2.42. The summed E-state index contributed by atoms with van der Waals surface area (Å²) >= 11 is 0. The summed E-state index contributed by atoms with van der Waals surface area (Å²) in [5, 5.41) is 11.4. The average molecular weight is 741 g/mol. The fourth-order valence-corrected chi connectivity index (χ4v) is 9.27. The van der Waals surface area contributed by atoms with Gasteiger partial charge in [0.1, 0.15) is 0 Å². The minimum absolute atomic E-state index is 1.02. The summed E-state index contributed by atoms with van der Waals surface area (Å²) in [6.07, 6.45) is 0. The molecule has 272 valence electrons. The molecule has 58 heavy (non-hydrogen) atoms. The van der Waals surface area contributed by atoms with Crippen molar-refractivity contribution >= 4 is 76.8 Å². The van der Waals surface area contributed by atoms with E-state index in [9.17, 15) is 0 Å². The highest BCUT2D eigenvalue weighted by atomic mass is 15.0. The zero-order valence-corrected chi connectivity index (χ0v) is 31.5. The molecule has 0 amide bonds. The first-order chi connectivity index (χ1) is 28.8. The van der Waals surface area contributed by atoms with Crippen LogP contribution in [-0.2, 0) is 0 Å². The molecule has 4 heteroatoms. The Bertz CT molecular complexity index is 3520. The number of anilines is 2. The van der Waals surface area contributed by atoms with E-state index in [1.54, 1.807) is 0 Å². The van der Waals surface area contributed by atoms with Crippen LogP contribution in [0.2, 0.25) is 0 Å². The highest BCUT2D eigenvalue weighted by Gasteiger charge is 2.20. The predicted molar refractivity (Wildman–Crippen MR) is 245 cm³/mol. The Balaban J connectivity index is 1.07. The number of hydrogen-bond donors (Lipinski definition) is 1. The molecular formula is C54H36N4. The van der Waals surface area contributed by atoms with Crippen LogP contribution in [0.3, 0.4) is 0 Å². The van der Waals surface area contributed by atoms with Crippen LogP contribution in [0.15, 0.2) is 212 Å². The third-order valence-electron chi connectivity index (χ3n) is 11.8. The van der Waals surface area contributed by atoms with Gasteiger partial charge in [-0.15, -0.1) is 0 Å². The summed E-state index contributed by atoms with van der Waals surface area (Å²) < 4.78 is 7.21. The number of benzene rings is 9. The van der Waals surface area contributed by atoms with Crippen LogP contribution in [0.5, 0.6) is 0 Å². The molecule has 0 aliphatic rings. The number of fused-ring (bicyclic) bond motifs is 9. The first-order valence-corrected chi connectivity index (χ1v) is 19.9. The number of hydrogen-bond acceptors (Lipinski definition) is 1. The Morgan fingerprint density at radius 2 is 0.707 bits per heavy atom. The normalized spacial score (nSPS) is 11.8. The second-order valence-electron chi connectivity index (χ2n) is 15.1. The molecule has 0 fully saturated rings. The minimum atomic E-state index is 1.02. The van der Waals surface area contributed by atoms with Gasteiger partial charge < -0.3 is 19.0 Å². The van der Waals surface area contributed by atoms with Crippen molar-refractivity contribution < 1.29 is 0 Å². The third kappa shape index (κ3) is 4.95. The zero-order valence-electron chi connectivity index (χ0n) is 31.5. The Morgan fingerprint density at radius 1 is 0.276 bits per heavy atom. The molecule has 12 aromatic rings. The number of rotatable bonds is 6. The zero-order chi connectivity index (χ0) is 38.2. The number of para-hydroxylation sites is 5. The summed E-state index contributed by atoms with van der Waals surface area (Å²) in [5.74, 6) is 0. The molecule has 0 aliphatic heterocycles. The molecule has 9 aromatic carbocycles. The van der Waals surface area contributed by atoms with Crippen molar-refractivity contribution in [1.82, 2.24) is 13.7 Å². The highest BCUT2D eigenvalue weighted by molar-refractivity contribution is 6.19. The summed E-state index contributed by atoms with van der Waals surface area (Å²) in [6.45, 7) is 0. The van der Waals surface area contributed by atoms with E-state index >= 15 is 0 Å². The van der Waals surface area contributed by atoms with Crippen molar-refractivity contribution in [3.63, 3.8) is 0 Å². The lowest BCUT2D eigenvalue weighted by molar-refractivity contribution is 1.16. The van der Waals surface area contributed by atoms with Gasteiger partial charge in [-0.05, 0) is 90.5 Å². The van der Waals surface area contributed by atoms with Crippen LogP contribution in [0.4, 0.5) is 11.4 Å². The monoisotopic (exact) mass is 740 g/mol. The van der Waals surface area contributed by atoms with Gasteiger partial charge in [-0.3, -0.25) is 0 Å². The fraction of sp³-hybridized carbons (Fsp3) is 0. The molecule has 0 saturated carbocycles. The largest absolute Gasteiger partial charge is 0.355 e. The smallest absolute Gasteiger partial charge is 0.0562 e. The molecule has 3 heterocycles. The summed E-state index contributed by atoms with van der Waals surface area (Å²) in [5.41, 5.74) is 14.9.